The lowest BCUT2D eigenvalue weighted by Gasteiger charge is -2.03. The number of halogens is 1. The average molecular weight is 393 g/mol. The highest BCUT2D eigenvalue weighted by atomic mass is 32.1. The molecule has 0 bridgehead atoms. The van der Waals surface area contributed by atoms with Crippen molar-refractivity contribution in [2.45, 2.75) is 0 Å². The molecule has 1 N–H and O–H groups in total. The fourth-order valence-corrected chi connectivity index (χ4v) is 3.42. The highest BCUT2D eigenvalue weighted by molar-refractivity contribution is 7.16. The van der Waals surface area contributed by atoms with E-state index in [0.29, 0.717) is 21.0 Å². The molecular weight excluding hydrogens is 381 g/mol. The van der Waals surface area contributed by atoms with Crippen LogP contribution in [-0.2, 0) is 4.79 Å². The number of nitrogens with one attached hydrogen (secondary N) is 1. The molecule has 1 amide bonds. The first-order valence-corrected chi connectivity index (χ1v) is 8.82. The van der Waals surface area contributed by atoms with Crippen LogP contribution in [0.15, 0.2) is 66.2 Å². The predicted molar refractivity (Wildman–Crippen MR) is 105 cm³/mol. The molecule has 0 aliphatic carbocycles. The zero-order valence-electron chi connectivity index (χ0n) is 14.3. The molecule has 28 heavy (non-hydrogen) atoms. The van der Waals surface area contributed by atoms with Gasteiger partial charge in [-0.15, -0.1) is 11.3 Å². The molecule has 8 heteroatoms. The van der Waals surface area contributed by atoms with E-state index in [1.54, 1.807) is 30.3 Å². The van der Waals surface area contributed by atoms with Gasteiger partial charge in [0.2, 0.25) is 0 Å². The number of nitro benzene ring substituents is 1. The fraction of sp³-hybridized carbons (Fsp3) is 0. The van der Waals surface area contributed by atoms with Gasteiger partial charge in [-0.3, -0.25) is 14.9 Å². The molecule has 0 saturated carbocycles. The van der Waals surface area contributed by atoms with Gasteiger partial charge in [0, 0.05) is 21.5 Å². The molecule has 0 spiro atoms. The summed E-state index contributed by atoms with van der Waals surface area (Å²) in [4.78, 5) is 24.2. The molecular formula is C20H12FN3O3S. The number of carbonyl (C=O) groups excluding carboxylic acids is 1. The molecule has 3 aromatic rings. The lowest BCUT2D eigenvalue weighted by molar-refractivity contribution is -0.384. The van der Waals surface area contributed by atoms with Gasteiger partial charge >= 0.3 is 0 Å². The second kappa shape index (κ2) is 8.24. The molecule has 6 nitrogen and oxygen atoms in total. The van der Waals surface area contributed by atoms with Crippen molar-refractivity contribution in [1.29, 1.82) is 5.26 Å². The van der Waals surface area contributed by atoms with Crippen LogP contribution in [-0.4, -0.2) is 10.8 Å². The predicted octanol–water partition coefficient (Wildman–Crippen LogP) is 5.01. The SMILES string of the molecule is N#C/C(=C\c1ccc(-c2ccccc2[N+](=O)[O-])s1)C(=O)Nc1ccc(F)cc1. The van der Waals surface area contributed by atoms with Gasteiger partial charge in [-0.05, 0) is 48.5 Å². The Balaban J connectivity index is 1.85. The highest BCUT2D eigenvalue weighted by Crippen LogP contribution is 2.35. The van der Waals surface area contributed by atoms with Crippen LogP contribution in [0.4, 0.5) is 15.8 Å². The van der Waals surface area contributed by atoms with E-state index in [1.165, 1.54) is 47.7 Å². The number of nitrogens with zero attached hydrogens (tertiary/aromatic N) is 2. The first-order valence-electron chi connectivity index (χ1n) is 8.00. The van der Waals surface area contributed by atoms with Crippen LogP contribution in [0.25, 0.3) is 16.5 Å². The summed E-state index contributed by atoms with van der Waals surface area (Å²) in [6, 6.07) is 16.7. The van der Waals surface area contributed by atoms with Crippen molar-refractivity contribution in [2.24, 2.45) is 0 Å². The molecule has 138 valence electrons. The summed E-state index contributed by atoms with van der Waals surface area (Å²) in [5.74, 6) is -1.06. The third kappa shape index (κ3) is 4.28. The second-order valence-electron chi connectivity index (χ2n) is 5.61. The maximum absolute atomic E-state index is 12.9. The van der Waals surface area contributed by atoms with Gasteiger partial charge in [-0.2, -0.15) is 5.26 Å². The zero-order chi connectivity index (χ0) is 20.1. The lowest BCUT2D eigenvalue weighted by atomic mass is 10.1. The van der Waals surface area contributed by atoms with Crippen molar-refractivity contribution in [3.8, 4) is 16.5 Å². The molecule has 1 aromatic heterocycles. The van der Waals surface area contributed by atoms with Crippen LogP contribution in [0.3, 0.4) is 0 Å². The van der Waals surface area contributed by atoms with Gasteiger partial charge in [0.05, 0.1) is 10.5 Å². The van der Waals surface area contributed by atoms with Crippen LogP contribution in [0.1, 0.15) is 4.88 Å². The van der Waals surface area contributed by atoms with Crippen LogP contribution in [0.2, 0.25) is 0 Å². The summed E-state index contributed by atoms with van der Waals surface area (Å²) in [5.41, 5.74) is 0.667. The summed E-state index contributed by atoms with van der Waals surface area (Å²) in [5, 5.41) is 23.0. The summed E-state index contributed by atoms with van der Waals surface area (Å²) in [7, 11) is 0. The maximum atomic E-state index is 12.9. The van der Waals surface area contributed by atoms with Gasteiger partial charge in [0.25, 0.3) is 11.6 Å². The Kier molecular flexibility index (Phi) is 5.58. The summed E-state index contributed by atoms with van der Waals surface area (Å²) >= 11 is 1.23. The van der Waals surface area contributed by atoms with Crippen molar-refractivity contribution in [3.63, 3.8) is 0 Å². The van der Waals surface area contributed by atoms with E-state index >= 15 is 0 Å². The molecule has 3 rings (SSSR count). The van der Waals surface area contributed by atoms with Crippen LogP contribution in [0.5, 0.6) is 0 Å². The number of anilines is 1. The van der Waals surface area contributed by atoms with E-state index in [9.17, 15) is 24.6 Å². The Hall–Kier alpha value is -3.83. The zero-order valence-corrected chi connectivity index (χ0v) is 15.1. The summed E-state index contributed by atoms with van der Waals surface area (Å²) in [6.45, 7) is 0. The highest BCUT2D eigenvalue weighted by Gasteiger charge is 2.16. The molecule has 0 unspecified atom stereocenters. The van der Waals surface area contributed by atoms with Crippen molar-refractivity contribution in [3.05, 3.63) is 87.0 Å². The minimum absolute atomic E-state index is 0.0190. The maximum Gasteiger partial charge on any atom is 0.278 e. The third-order valence-corrected chi connectivity index (χ3v) is 4.81. The van der Waals surface area contributed by atoms with E-state index in [-0.39, 0.29) is 11.3 Å². The average Bonchev–Trinajstić information content (AvgIpc) is 3.16. The lowest BCUT2D eigenvalue weighted by Crippen LogP contribution is -2.13. The monoisotopic (exact) mass is 393 g/mol. The second-order valence-corrected chi connectivity index (χ2v) is 6.72. The van der Waals surface area contributed by atoms with E-state index in [0.717, 1.165) is 0 Å². The molecule has 1 heterocycles. The first kappa shape index (κ1) is 18.9. The van der Waals surface area contributed by atoms with Crippen molar-refractivity contribution < 1.29 is 14.1 Å². The molecule has 0 aliphatic rings. The standard InChI is InChI=1S/C20H12FN3O3S/c21-14-5-7-15(8-6-14)23-20(25)13(12-22)11-16-9-10-19(28-16)17-3-1-2-4-18(17)24(26)27/h1-11H,(H,23,25)/b13-11+. The number of nitro groups is 1. The Morgan fingerprint density at radius 2 is 1.86 bits per heavy atom. The number of benzene rings is 2. The smallest absolute Gasteiger partial charge is 0.278 e. The van der Waals surface area contributed by atoms with Crippen LogP contribution in [0, 0.1) is 27.3 Å². The normalized spacial score (nSPS) is 10.9. The Labute approximate surface area is 163 Å². The number of rotatable bonds is 5. The Bertz CT molecular complexity index is 1110. The van der Waals surface area contributed by atoms with Gasteiger partial charge in [-0.25, -0.2) is 4.39 Å². The number of hydrogen-bond acceptors (Lipinski definition) is 5. The van der Waals surface area contributed by atoms with E-state index < -0.39 is 16.6 Å². The molecule has 0 radical (unpaired) electrons. The van der Waals surface area contributed by atoms with Gasteiger partial charge in [0.1, 0.15) is 17.5 Å². The van der Waals surface area contributed by atoms with Crippen molar-refractivity contribution >= 4 is 34.7 Å². The summed E-state index contributed by atoms with van der Waals surface area (Å²) < 4.78 is 12.9. The molecule has 0 saturated heterocycles. The number of carbonyl (C=O) groups is 1. The minimum atomic E-state index is -0.630. The minimum Gasteiger partial charge on any atom is -0.321 e. The first-order chi connectivity index (χ1) is 13.5. The van der Waals surface area contributed by atoms with Gasteiger partial charge in [0.15, 0.2) is 0 Å². The van der Waals surface area contributed by atoms with Crippen LogP contribution < -0.4 is 5.32 Å². The largest absolute Gasteiger partial charge is 0.321 e. The fourth-order valence-electron chi connectivity index (χ4n) is 2.44. The third-order valence-electron chi connectivity index (χ3n) is 3.75. The quantitative estimate of drug-likeness (QED) is 0.285. The molecule has 2 aromatic carbocycles. The number of para-hydroxylation sites is 1. The van der Waals surface area contributed by atoms with Crippen molar-refractivity contribution in [2.75, 3.05) is 5.32 Å². The molecule has 0 fully saturated rings. The van der Waals surface area contributed by atoms with E-state index in [1.807, 2.05) is 6.07 Å². The number of hydrogen-bond donors (Lipinski definition) is 1. The Morgan fingerprint density at radius 1 is 1.14 bits per heavy atom. The van der Waals surface area contributed by atoms with Crippen molar-refractivity contribution in [1.82, 2.24) is 0 Å². The van der Waals surface area contributed by atoms with E-state index in [2.05, 4.69) is 5.32 Å². The van der Waals surface area contributed by atoms with Crippen LogP contribution >= 0.6 is 11.3 Å². The topological polar surface area (TPSA) is 96.0 Å². The van der Waals surface area contributed by atoms with Gasteiger partial charge in [-0.1, -0.05) is 12.1 Å². The number of amides is 1. The number of nitriles is 1. The molecule has 0 atom stereocenters. The molecule has 0 aliphatic heterocycles. The summed E-state index contributed by atoms with van der Waals surface area (Å²) in [6.07, 6.45) is 1.40. The van der Waals surface area contributed by atoms with Gasteiger partial charge < -0.3 is 5.32 Å². The number of thiophene rings is 1. The van der Waals surface area contributed by atoms with E-state index in [4.69, 9.17) is 0 Å². The Morgan fingerprint density at radius 3 is 2.54 bits per heavy atom.